The number of carbonyl (C=O) groups is 2. The lowest BCUT2D eigenvalue weighted by Crippen LogP contribution is -2.33. The maximum atomic E-state index is 12.9. The largest absolute Gasteiger partial charge is 0.372 e. The molecule has 0 saturated carbocycles. The van der Waals surface area contributed by atoms with Gasteiger partial charge in [0.1, 0.15) is 0 Å². The zero-order valence-corrected chi connectivity index (χ0v) is 19.0. The molecule has 164 valence electrons. The van der Waals surface area contributed by atoms with Crippen LogP contribution in [-0.4, -0.2) is 39.1 Å². The monoisotopic (exact) mass is 461 g/mol. The molecule has 0 bridgehead atoms. The zero-order valence-electron chi connectivity index (χ0n) is 17.4. The van der Waals surface area contributed by atoms with Gasteiger partial charge in [0.05, 0.1) is 27.4 Å². The van der Waals surface area contributed by atoms with E-state index >= 15 is 0 Å². The maximum absolute atomic E-state index is 12.9. The highest BCUT2D eigenvalue weighted by Crippen LogP contribution is 2.37. The van der Waals surface area contributed by atoms with Crippen molar-refractivity contribution in [2.45, 2.75) is 26.7 Å². The maximum Gasteiger partial charge on any atom is 0.257 e. The quantitative estimate of drug-likeness (QED) is 0.746. The van der Waals surface area contributed by atoms with E-state index in [0.29, 0.717) is 5.69 Å². The van der Waals surface area contributed by atoms with Gasteiger partial charge in [0.2, 0.25) is 15.9 Å². The third kappa shape index (κ3) is 4.14. The van der Waals surface area contributed by atoms with Gasteiger partial charge in [-0.05, 0) is 69.2 Å². The van der Waals surface area contributed by atoms with Gasteiger partial charge < -0.3 is 10.2 Å². The van der Waals surface area contributed by atoms with Crippen molar-refractivity contribution >= 4 is 50.5 Å². The number of nitrogens with zero attached hydrogens (tertiary/aromatic N) is 2. The molecule has 0 atom stereocenters. The van der Waals surface area contributed by atoms with Gasteiger partial charge in [0.15, 0.2) is 0 Å². The number of hydrogen-bond acceptors (Lipinski definition) is 5. The molecule has 0 aliphatic carbocycles. The highest BCUT2D eigenvalue weighted by Gasteiger charge is 2.50. The summed E-state index contributed by atoms with van der Waals surface area (Å²) < 4.78 is 25.9. The molecule has 2 fully saturated rings. The summed E-state index contributed by atoms with van der Waals surface area (Å²) >= 11 is 6.22. The molecule has 1 N–H and O–H groups in total. The van der Waals surface area contributed by atoms with Gasteiger partial charge in [0.25, 0.3) is 5.91 Å². The third-order valence-electron chi connectivity index (χ3n) is 5.61. The molecule has 2 heterocycles. The number of sulfonamides is 1. The van der Waals surface area contributed by atoms with Crippen LogP contribution in [0.25, 0.3) is 0 Å². The molecule has 0 radical (unpaired) electrons. The van der Waals surface area contributed by atoms with Crippen molar-refractivity contribution in [3.63, 3.8) is 0 Å². The van der Waals surface area contributed by atoms with Crippen LogP contribution in [0.3, 0.4) is 0 Å². The van der Waals surface area contributed by atoms with E-state index in [4.69, 9.17) is 11.6 Å². The van der Waals surface area contributed by atoms with Crippen LogP contribution in [0, 0.1) is 5.41 Å². The Morgan fingerprint density at radius 3 is 2.23 bits per heavy atom. The van der Waals surface area contributed by atoms with Crippen LogP contribution in [0.15, 0.2) is 42.5 Å². The Labute approximate surface area is 187 Å². The van der Waals surface area contributed by atoms with Crippen LogP contribution in [-0.2, 0) is 14.8 Å². The van der Waals surface area contributed by atoms with Gasteiger partial charge in [-0.25, -0.2) is 12.7 Å². The summed E-state index contributed by atoms with van der Waals surface area (Å²) in [5, 5.41) is 2.95. The summed E-state index contributed by atoms with van der Waals surface area (Å²) in [6.07, 6.45) is 2.36. The number of hydrogen-bond donors (Lipinski definition) is 1. The summed E-state index contributed by atoms with van der Waals surface area (Å²) in [6, 6.07) is 11.7. The Morgan fingerprint density at radius 1 is 1.03 bits per heavy atom. The standard InChI is InChI=1S/C22H24ClN3O4S/c1-22(2)14-31(29,30)26(21(22)28)17-9-10-19(23)18(13-17)20(27)24-15-5-7-16(8-6-15)25-11-3-4-12-25/h5-10,13H,3-4,11-12,14H2,1-2H3,(H,24,27). The molecule has 4 rings (SSSR count). The number of carbonyl (C=O) groups excluding carboxylic acids is 2. The molecule has 2 saturated heterocycles. The van der Waals surface area contributed by atoms with E-state index in [1.54, 1.807) is 13.8 Å². The lowest BCUT2D eigenvalue weighted by molar-refractivity contribution is -0.123. The third-order valence-corrected chi connectivity index (χ3v) is 7.96. The number of amides is 2. The Bertz CT molecular complexity index is 1140. The molecule has 2 aromatic carbocycles. The first-order chi connectivity index (χ1) is 14.6. The second-order valence-corrected chi connectivity index (χ2v) is 10.8. The lowest BCUT2D eigenvalue weighted by atomic mass is 9.95. The minimum absolute atomic E-state index is 0.0930. The Kier molecular flexibility index (Phi) is 5.47. The number of anilines is 3. The minimum atomic E-state index is -3.82. The summed E-state index contributed by atoms with van der Waals surface area (Å²) in [4.78, 5) is 27.8. The van der Waals surface area contributed by atoms with Crippen LogP contribution in [0.4, 0.5) is 17.1 Å². The van der Waals surface area contributed by atoms with Gasteiger partial charge in [-0.15, -0.1) is 0 Å². The van der Waals surface area contributed by atoms with E-state index in [0.717, 1.165) is 23.1 Å². The van der Waals surface area contributed by atoms with E-state index in [2.05, 4.69) is 10.2 Å². The average Bonchev–Trinajstić information content (AvgIpc) is 3.28. The molecule has 2 amide bonds. The second kappa shape index (κ2) is 7.84. The molecular formula is C22H24ClN3O4S. The Balaban J connectivity index is 1.57. The molecule has 0 aromatic heterocycles. The van der Waals surface area contributed by atoms with Crippen molar-refractivity contribution in [1.29, 1.82) is 0 Å². The smallest absolute Gasteiger partial charge is 0.257 e. The van der Waals surface area contributed by atoms with Crippen molar-refractivity contribution in [2.75, 3.05) is 33.4 Å². The van der Waals surface area contributed by atoms with Crippen molar-refractivity contribution in [2.24, 2.45) is 5.41 Å². The van der Waals surface area contributed by atoms with Crippen molar-refractivity contribution in [3.05, 3.63) is 53.1 Å². The number of rotatable bonds is 4. The van der Waals surface area contributed by atoms with E-state index in [-0.39, 0.29) is 22.0 Å². The first-order valence-electron chi connectivity index (χ1n) is 10.1. The molecule has 2 aromatic rings. The van der Waals surface area contributed by atoms with E-state index in [1.807, 2.05) is 24.3 Å². The summed E-state index contributed by atoms with van der Waals surface area (Å²) in [5.41, 5.74) is 0.874. The number of benzene rings is 2. The number of halogens is 1. The molecule has 0 unspecified atom stereocenters. The predicted molar refractivity (Wildman–Crippen MR) is 122 cm³/mol. The van der Waals surface area contributed by atoms with Gasteiger partial charge >= 0.3 is 0 Å². The fraction of sp³-hybridized carbons (Fsp3) is 0.364. The van der Waals surface area contributed by atoms with Crippen molar-refractivity contribution in [3.8, 4) is 0 Å². The number of nitrogens with one attached hydrogen (secondary N) is 1. The molecule has 7 nitrogen and oxygen atoms in total. The Hall–Kier alpha value is -2.58. The molecular weight excluding hydrogens is 438 g/mol. The lowest BCUT2D eigenvalue weighted by Gasteiger charge is -2.19. The predicted octanol–water partition coefficient (Wildman–Crippen LogP) is 3.90. The first-order valence-corrected chi connectivity index (χ1v) is 12.1. The first kappa shape index (κ1) is 21.6. The van der Waals surface area contributed by atoms with Crippen LogP contribution >= 0.6 is 11.6 Å². The molecule has 2 aliphatic heterocycles. The molecule has 9 heteroatoms. The summed E-state index contributed by atoms with van der Waals surface area (Å²) in [5.74, 6) is -1.30. The minimum Gasteiger partial charge on any atom is -0.372 e. The van der Waals surface area contributed by atoms with Gasteiger partial charge in [0, 0.05) is 24.5 Å². The highest BCUT2D eigenvalue weighted by molar-refractivity contribution is 7.94. The topological polar surface area (TPSA) is 86.8 Å². The molecule has 31 heavy (non-hydrogen) atoms. The molecule has 2 aliphatic rings. The molecule has 0 spiro atoms. The normalized spacial score (nSPS) is 19.6. The van der Waals surface area contributed by atoms with Crippen molar-refractivity contribution < 1.29 is 18.0 Å². The fourth-order valence-electron chi connectivity index (χ4n) is 4.00. The highest BCUT2D eigenvalue weighted by atomic mass is 35.5. The Morgan fingerprint density at radius 2 is 1.65 bits per heavy atom. The SMILES string of the molecule is CC1(C)CS(=O)(=O)N(c2ccc(Cl)c(C(=O)Nc3ccc(N4CCCC4)cc3)c2)C1=O. The van der Waals surface area contributed by atoms with Crippen LogP contribution < -0.4 is 14.5 Å². The van der Waals surface area contributed by atoms with Crippen molar-refractivity contribution in [1.82, 2.24) is 0 Å². The summed E-state index contributed by atoms with van der Waals surface area (Å²) in [7, 11) is -3.82. The fourth-order valence-corrected chi connectivity index (χ4v) is 6.31. The van der Waals surface area contributed by atoms with E-state index in [9.17, 15) is 18.0 Å². The van der Waals surface area contributed by atoms with Gasteiger partial charge in [-0.2, -0.15) is 0 Å². The van der Waals surface area contributed by atoms with Gasteiger partial charge in [-0.1, -0.05) is 11.6 Å². The van der Waals surface area contributed by atoms with Crippen LogP contribution in [0.2, 0.25) is 5.02 Å². The van der Waals surface area contributed by atoms with Crippen LogP contribution in [0.5, 0.6) is 0 Å². The summed E-state index contributed by atoms with van der Waals surface area (Å²) in [6.45, 7) is 5.23. The second-order valence-electron chi connectivity index (χ2n) is 8.57. The van der Waals surface area contributed by atoms with E-state index < -0.39 is 27.3 Å². The van der Waals surface area contributed by atoms with Crippen LogP contribution in [0.1, 0.15) is 37.0 Å². The average molecular weight is 462 g/mol. The van der Waals surface area contributed by atoms with Gasteiger partial charge in [-0.3, -0.25) is 9.59 Å². The zero-order chi connectivity index (χ0) is 22.4. The van der Waals surface area contributed by atoms with E-state index in [1.165, 1.54) is 31.0 Å².